The number of aryl methyl sites for hydroxylation is 1. The van der Waals surface area contributed by atoms with E-state index < -0.39 is 0 Å². The summed E-state index contributed by atoms with van der Waals surface area (Å²) in [4.78, 5) is 16.4. The molecule has 0 atom stereocenters. The lowest BCUT2D eigenvalue weighted by Crippen LogP contribution is -2.50. The molecule has 0 aliphatic carbocycles. The third-order valence-corrected chi connectivity index (χ3v) is 5.21. The Morgan fingerprint density at radius 3 is 2.56 bits per heavy atom. The van der Waals surface area contributed by atoms with Crippen LogP contribution in [0.5, 0.6) is 0 Å². The SMILES string of the molecule is Cc1ccc(NC(=O)N2CCN(c3ccccc3C#N)CC2)cc1Br. The standard InChI is InChI=1S/C19H19BrN4O/c1-14-6-7-16(12-17(14)20)22-19(25)24-10-8-23(9-11-24)18-5-3-2-4-15(18)13-21/h2-7,12H,8-11H2,1H3,(H,22,25). The molecule has 1 N–H and O–H groups in total. The van der Waals surface area contributed by atoms with Crippen LogP contribution in [0.2, 0.25) is 0 Å². The normalized spacial score (nSPS) is 14.1. The molecule has 1 fully saturated rings. The van der Waals surface area contributed by atoms with E-state index in [2.05, 4.69) is 32.2 Å². The number of benzene rings is 2. The van der Waals surface area contributed by atoms with Gasteiger partial charge in [-0.1, -0.05) is 34.1 Å². The molecule has 0 spiro atoms. The lowest BCUT2D eigenvalue weighted by Gasteiger charge is -2.36. The van der Waals surface area contributed by atoms with Gasteiger partial charge in [-0.15, -0.1) is 0 Å². The second-order valence-electron chi connectivity index (χ2n) is 6.00. The highest BCUT2D eigenvalue weighted by Gasteiger charge is 2.22. The summed E-state index contributed by atoms with van der Waals surface area (Å²) in [6, 6.07) is 15.5. The number of nitrogens with one attached hydrogen (secondary N) is 1. The molecular formula is C19H19BrN4O. The molecule has 0 unspecified atom stereocenters. The van der Waals surface area contributed by atoms with Crippen molar-refractivity contribution < 1.29 is 4.79 Å². The second-order valence-corrected chi connectivity index (χ2v) is 6.85. The number of nitrogens with zero attached hydrogens (tertiary/aromatic N) is 3. The van der Waals surface area contributed by atoms with Gasteiger partial charge in [0.05, 0.1) is 11.3 Å². The number of nitriles is 1. The number of carbonyl (C=O) groups excluding carboxylic acids is 1. The Kier molecular flexibility index (Phi) is 5.25. The molecule has 0 aromatic heterocycles. The van der Waals surface area contributed by atoms with Gasteiger partial charge < -0.3 is 15.1 Å². The van der Waals surface area contributed by atoms with E-state index in [1.807, 2.05) is 49.4 Å². The summed E-state index contributed by atoms with van der Waals surface area (Å²) >= 11 is 3.48. The molecule has 0 bridgehead atoms. The minimum absolute atomic E-state index is 0.0935. The number of amides is 2. The van der Waals surface area contributed by atoms with E-state index in [1.165, 1.54) is 0 Å². The number of anilines is 2. The van der Waals surface area contributed by atoms with Crippen LogP contribution in [0.4, 0.5) is 16.2 Å². The smallest absolute Gasteiger partial charge is 0.321 e. The van der Waals surface area contributed by atoms with Gasteiger partial charge in [0.25, 0.3) is 0 Å². The van der Waals surface area contributed by atoms with E-state index in [9.17, 15) is 10.1 Å². The van der Waals surface area contributed by atoms with Gasteiger partial charge in [0.15, 0.2) is 0 Å². The quantitative estimate of drug-likeness (QED) is 0.831. The van der Waals surface area contributed by atoms with Crippen molar-refractivity contribution >= 4 is 33.3 Å². The molecule has 1 aliphatic heterocycles. The summed E-state index contributed by atoms with van der Waals surface area (Å²) in [7, 11) is 0. The zero-order chi connectivity index (χ0) is 17.8. The summed E-state index contributed by atoms with van der Waals surface area (Å²) in [5.41, 5.74) is 3.51. The van der Waals surface area contributed by atoms with Crippen LogP contribution in [0.3, 0.4) is 0 Å². The van der Waals surface area contributed by atoms with Gasteiger partial charge in [-0.25, -0.2) is 4.79 Å². The highest BCUT2D eigenvalue weighted by atomic mass is 79.9. The summed E-state index contributed by atoms with van der Waals surface area (Å²) in [5, 5.41) is 12.2. The van der Waals surface area contributed by atoms with Gasteiger partial charge in [-0.05, 0) is 36.8 Å². The molecule has 1 heterocycles. The van der Waals surface area contributed by atoms with Crippen molar-refractivity contribution in [2.75, 3.05) is 36.4 Å². The first-order chi connectivity index (χ1) is 12.1. The number of hydrogen-bond acceptors (Lipinski definition) is 3. The molecule has 6 heteroatoms. The van der Waals surface area contributed by atoms with Crippen molar-refractivity contribution in [1.29, 1.82) is 5.26 Å². The van der Waals surface area contributed by atoms with Crippen LogP contribution in [0.25, 0.3) is 0 Å². The Morgan fingerprint density at radius 1 is 1.16 bits per heavy atom. The van der Waals surface area contributed by atoms with Crippen molar-refractivity contribution in [3.63, 3.8) is 0 Å². The first-order valence-electron chi connectivity index (χ1n) is 8.14. The van der Waals surface area contributed by atoms with Gasteiger partial charge in [0.2, 0.25) is 0 Å². The second kappa shape index (κ2) is 7.58. The Labute approximate surface area is 156 Å². The number of piperazine rings is 1. The van der Waals surface area contributed by atoms with Gasteiger partial charge in [-0.3, -0.25) is 0 Å². The molecular weight excluding hydrogens is 380 g/mol. The molecule has 2 amide bonds. The first-order valence-corrected chi connectivity index (χ1v) is 8.94. The fourth-order valence-corrected chi connectivity index (χ4v) is 3.25. The average Bonchev–Trinajstić information content (AvgIpc) is 2.65. The highest BCUT2D eigenvalue weighted by molar-refractivity contribution is 9.10. The lowest BCUT2D eigenvalue weighted by molar-refractivity contribution is 0.208. The monoisotopic (exact) mass is 398 g/mol. The van der Waals surface area contributed by atoms with Crippen molar-refractivity contribution in [3.8, 4) is 6.07 Å². The van der Waals surface area contributed by atoms with Crippen molar-refractivity contribution in [3.05, 3.63) is 58.1 Å². The maximum Gasteiger partial charge on any atom is 0.321 e. The fourth-order valence-electron chi connectivity index (χ4n) is 2.87. The fraction of sp³-hybridized carbons (Fsp3) is 0.263. The van der Waals surface area contributed by atoms with E-state index in [1.54, 1.807) is 4.90 Å². The van der Waals surface area contributed by atoms with Crippen LogP contribution in [-0.4, -0.2) is 37.1 Å². The maximum absolute atomic E-state index is 12.5. The van der Waals surface area contributed by atoms with E-state index in [4.69, 9.17) is 0 Å². The zero-order valence-electron chi connectivity index (χ0n) is 14.0. The summed E-state index contributed by atoms with van der Waals surface area (Å²) in [5.74, 6) is 0. The lowest BCUT2D eigenvalue weighted by atomic mass is 10.1. The first kappa shape index (κ1) is 17.3. The molecule has 1 aliphatic rings. The third-order valence-electron chi connectivity index (χ3n) is 4.36. The number of rotatable bonds is 2. The largest absolute Gasteiger partial charge is 0.367 e. The molecule has 25 heavy (non-hydrogen) atoms. The zero-order valence-corrected chi connectivity index (χ0v) is 15.6. The number of para-hydroxylation sites is 1. The van der Waals surface area contributed by atoms with Gasteiger partial charge in [-0.2, -0.15) is 5.26 Å². The minimum Gasteiger partial charge on any atom is -0.367 e. The highest BCUT2D eigenvalue weighted by Crippen LogP contribution is 2.23. The summed E-state index contributed by atoms with van der Waals surface area (Å²) in [6.07, 6.45) is 0. The van der Waals surface area contributed by atoms with E-state index >= 15 is 0 Å². The molecule has 128 valence electrons. The Morgan fingerprint density at radius 2 is 1.88 bits per heavy atom. The maximum atomic E-state index is 12.5. The van der Waals surface area contributed by atoms with Crippen LogP contribution in [0.1, 0.15) is 11.1 Å². The molecule has 0 saturated carbocycles. The number of carbonyl (C=O) groups is 1. The minimum atomic E-state index is -0.0935. The van der Waals surface area contributed by atoms with E-state index in [0.717, 1.165) is 21.4 Å². The van der Waals surface area contributed by atoms with Crippen molar-refractivity contribution in [1.82, 2.24) is 4.90 Å². The Hall–Kier alpha value is -2.52. The number of urea groups is 1. The van der Waals surface area contributed by atoms with E-state index in [0.29, 0.717) is 31.7 Å². The average molecular weight is 399 g/mol. The van der Waals surface area contributed by atoms with Gasteiger partial charge in [0, 0.05) is 36.3 Å². The van der Waals surface area contributed by atoms with Crippen LogP contribution in [0, 0.1) is 18.3 Å². The van der Waals surface area contributed by atoms with Crippen LogP contribution < -0.4 is 10.2 Å². The molecule has 1 saturated heterocycles. The van der Waals surface area contributed by atoms with Gasteiger partial charge in [0.1, 0.15) is 6.07 Å². The molecule has 5 nitrogen and oxygen atoms in total. The summed E-state index contributed by atoms with van der Waals surface area (Å²) < 4.78 is 0.975. The van der Waals surface area contributed by atoms with Crippen LogP contribution in [0.15, 0.2) is 46.9 Å². The van der Waals surface area contributed by atoms with Crippen LogP contribution >= 0.6 is 15.9 Å². The number of halogens is 1. The number of hydrogen-bond donors (Lipinski definition) is 1. The molecule has 3 rings (SSSR count). The molecule has 2 aromatic rings. The Bertz CT molecular complexity index is 822. The van der Waals surface area contributed by atoms with Crippen LogP contribution in [-0.2, 0) is 0 Å². The summed E-state index contributed by atoms with van der Waals surface area (Å²) in [6.45, 7) is 4.68. The van der Waals surface area contributed by atoms with E-state index in [-0.39, 0.29) is 6.03 Å². The van der Waals surface area contributed by atoms with Crippen molar-refractivity contribution in [2.45, 2.75) is 6.92 Å². The molecule has 2 aromatic carbocycles. The Balaban J connectivity index is 1.61. The van der Waals surface area contributed by atoms with Crippen molar-refractivity contribution in [2.24, 2.45) is 0 Å². The van der Waals surface area contributed by atoms with Gasteiger partial charge >= 0.3 is 6.03 Å². The third kappa shape index (κ3) is 3.94. The molecule has 0 radical (unpaired) electrons. The topological polar surface area (TPSA) is 59.4 Å². The predicted octanol–water partition coefficient (Wildman–Crippen LogP) is 3.98. The predicted molar refractivity (Wildman–Crippen MR) is 103 cm³/mol.